The second-order valence-corrected chi connectivity index (χ2v) is 11.5. The third-order valence-corrected chi connectivity index (χ3v) is 8.52. The van der Waals surface area contributed by atoms with Crippen molar-refractivity contribution in [3.8, 4) is 17.1 Å². The number of ether oxygens (including phenoxy) is 1. The van der Waals surface area contributed by atoms with Crippen molar-refractivity contribution in [1.29, 1.82) is 0 Å². The number of nitrogens with one attached hydrogen (secondary N) is 1. The fourth-order valence-corrected chi connectivity index (χ4v) is 6.75. The second kappa shape index (κ2) is 9.56. The number of hydrogen-bond acceptors (Lipinski definition) is 8. The highest BCUT2D eigenvalue weighted by Gasteiger charge is 2.47. The van der Waals surface area contributed by atoms with Gasteiger partial charge in [-0.15, -0.1) is 0 Å². The van der Waals surface area contributed by atoms with Crippen molar-refractivity contribution in [2.75, 3.05) is 37.8 Å². The Bertz CT molecular complexity index is 1520. The van der Waals surface area contributed by atoms with Crippen LogP contribution in [-0.2, 0) is 12.6 Å². The van der Waals surface area contributed by atoms with E-state index < -0.39 is 34.9 Å². The topological polar surface area (TPSA) is 92.4 Å². The molecule has 0 aliphatic carbocycles. The van der Waals surface area contributed by atoms with Crippen LogP contribution in [0.15, 0.2) is 6.07 Å². The molecule has 0 aromatic carbocycles. The molecule has 40 heavy (non-hydrogen) atoms. The fourth-order valence-electron chi connectivity index (χ4n) is 6.43. The first kappa shape index (κ1) is 27.2. The van der Waals surface area contributed by atoms with Crippen LogP contribution in [0, 0.1) is 12.7 Å². The number of likely N-dealkylation sites (N-methyl/N-ethyl adjacent to an activating group) is 1. The van der Waals surface area contributed by atoms with E-state index in [9.17, 15) is 13.2 Å². The van der Waals surface area contributed by atoms with Crippen LogP contribution in [0.4, 0.5) is 29.2 Å². The number of nitrogens with two attached hydrogens (primary N) is 1. The minimum absolute atomic E-state index is 0.00565. The molecule has 3 aromatic heterocycles. The summed E-state index contributed by atoms with van der Waals surface area (Å²) in [5.41, 5.74) is 3.75. The van der Waals surface area contributed by atoms with Crippen molar-refractivity contribution in [3.63, 3.8) is 0 Å². The number of aryl methyl sites for hydroxylation is 1. The predicted molar refractivity (Wildman–Crippen MR) is 145 cm³/mol. The smallest absolute Gasteiger partial charge is 0.418 e. The average Bonchev–Trinajstić information content (AvgIpc) is 3.18. The number of nitrogens with zero attached hydrogens (tertiary/aromatic N) is 5. The van der Waals surface area contributed by atoms with Crippen LogP contribution in [0.1, 0.15) is 36.7 Å². The Labute approximate surface area is 233 Å². The lowest BCUT2D eigenvalue weighted by Crippen LogP contribution is -2.62. The Morgan fingerprint density at radius 2 is 1.95 bits per heavy atom. The van der Waals surface area contributed by atoms with Gasteiger partial charge in [0.05, 0.1) is 33.4 Å². The molecule has 3 aromatic rings. The summed E-state index contributed by atoms with van der Waals surface area (Å²) in [7, 11) is 3.80. The third kappa shape index (κ3) is 4.31. The Morgan fingerprint density at radius 3 is 2.65 bits per heavy atom. The van der Waals surface area contributed by atoms with Gasteiger partial charge in [-0.05, 0) is 46.9 Å². The Hall–Kier alpha value is -2.96. The van der Waals surface area contributed by atoms with Crippen LogP contribution in [0.5, 0.6) is 5.88 Å². The number of piperazine rings is 1. The first-order valence-electron chi connectivity index (χ1n) is 13.3. The molecule has 2 fully saturated rings. The predicted octanol–water partition coefficient (Wildman–Crippen LogP) is 4.59. The summed E-state index contributed by atoms with van der Waals surface area (Å²) in [6.45, 7) is 4.30. The molecule has 13 heteroatoms. The van der Waals surface area contributed by atoms with Crippen LogP contribution >= 0.6 is 11.6 Å². The zero-order chi connectivity index (χ0) is 28.7. The van der Waals surface area contributed by atoms with Crippen molar-refractivity contribution in [3.05, 3.63) is 33.9 Å². The molecule has 6 rings (SSSR count). The summed E-state index contributed by atoms with van der Waals surface area (Å²) >= 11 is 6.85. The molecule has 2 bridgehead atoms. The van der Waals surface area contributed by atoms with Crippen LogP contribution < -0.4 is 20.7 Å². The van der Waals surface area contributed by atoms with Gasteiger partial charge in [0.15, 0.2) is 5.82 Å². The number of hydrogen-bond donors (Lipinski definition) is 2. The second-order valence-electron chi connectivity index (χ2n) is 11.1. The Balaban J connectivity index is 1.68. The van der Waals surface area contributed by atoms with E-state index in [2.05, 4.69) is 20.2 Å². The largest absolute Gasteiger partial charge is 0.472 e. The highest BCUT2D eigenvalue weighted by molar-refractivity contribution is 6.37. The maximum Gasteiger partial charge on any atom is 0.418 e. The number of fused-ring (bicyclic) bond motifs is 5. The first-order chi connectivity index (χ1) is 18.8. The number of nitrogen functional groups attached to an aromatic ring is 1. The third-order valence-electron chi connectivity index (χ3n) is 8.11. The number of halogens is 5. The highest BCUT2D eigenvalue weighted by Crippen LogP contribution is 2.48. The lowest BCUT2D eigenvalue weighted by molar-refractivity contribution is -0.137. The van der Waals surface area contributed by atoms with Gasteiger partial charge in [-0.3, -0.25) is 0 Å². The molecule has 0 saturated carbocycles. The van der Waals surface area contributed by atoms with Gasteiger partial charge in [-0.1, -0.05) is 11.6 Å². The van der Waals surface area contributed by atoms with Crippen molar-refractivity contribution >= 4 is 34.0 Å². The molecular formula is C27H30ClF4N7O. The van der Waals surface area contributed by atoms with E-state index in [-0.39, 0.29) is 51.3 Å². The van der Waals surface area contributed by atoms with Gasteiger partial charge in [0, 0.05) is 42.5 Å². The van der Waals surface area contributed by atoms with Crippen LogP contribution in [0.2, 0.25) is 5.02 Å². The van der Waals surface area contributed by atoms with E-state index in [0.29, 0.717) is 31.0 Å². The zero-order valence-corrected chi connectivity index (χ0v) is 23.3. The molecule has 3 N–H and O–H groups in total. The lowest BCUT2D eigenvalue weighted by Gasteiger charge is -2.43. The van der Waals surface area contributed by atoms with E-state index >= 15 is 4.39 Å². The van der Waals surface area contributed by atoms with Gasteiger partial charge in [0.2, 0.25) is 5.88 Å². The van der Waals surface area contributed by atoms with E-state index in [1.165, 1.54) is 6.92 Å². The van der Waals surface area contributed by atoms with Crippen molar-refractivity contribution in [2.24, 2.45) is 0 Å². The summed E-state index contributed by atoms with van der Waals surface area (Å²) in [5, 5.41) is 3.88. The molecule has 6 heterocycles. The molecule has 2 saturated heterocycles. The Kier molecular flexibility index (Phi) is 6.50. The zero-order valence-electron chi connectivity index (χ0n) is 22.5. The quantitative estimate of drug-likeness (QED) is 0.434. The normalized spacial score (nSPS) is 23.9. The lowest BCUT2D eigenvalue weighted by atomic mass is 9.98. The van der Waals surface area contributed by atoms with Crippen LogP contribution in [0.25, 0.3) is 22.0 Å². The monoisotopic (exact) mass is 579 g/mol. The molecular weight excluding hydrogens is 550 g/mol. The SMILES string of the molecule is Cc1nc(N)cc(-c2nc3c4c(nc(CCN(C)C)c(Cl)c4c2F)N2C[C@H]4CC[C@H](N4)[C@H]2[C@H](C)O3)c1C(F)(F)F. The van der Waals surface area contributed by atoms with Gasteiger partial charge in [-0.25, -0.2) is 19.3 Å². The first-order valence-corrected chi connectivity index (χ1v) is 13.6. The van der Waals surface area contributed by atoms with Gasteiger partial charge >= 0.3 is 6.18 Å². The summed E-state index contributed by atoms with van der Waals surface area (Å²) in [6, 6.07) is 1.21. The van der Waals surface area contributed by atoms with Crippen LogP contribution in [0.3, 0.4) is 0 Å². The van der Waals surface area contributed by atoms with E-state index in [1.54, 1.807) is 0 Å². The van der Waals surface area contributed by atoms with Crippen molar-refractivity contribution in [1.82, 2.24) is 25.2 Å². The van der Waals surface area contributed by atoms with Crippen molar-refractivity contribution < 1.29 is 22.3 Å². The maximum atomic E-state index is 16.7. The molecule has 4 atom stereocenters. The minimum atomic E-state index is -4.83. The van der Waals surface area contributed by atoms with Crippen molar-refractivity contribution in [2.45, 2.75) is 63.5 Å². The molecule has 0 spiro atoms. The standard InChI is InChI=1S/C27H30ClF4N7O/c1-11-20(27(30,31)32)14(9-17(33)34-11)23-22(29)18-19-25(36-15(21(18)28)7-8-38(3)4)39-10-13-5-6-16(35-13)24(39)12(2)40-26(19)37-23/h9,12-13,16,24,35H,5-8,10H2,1-4H3,(H2,33,34)/t12-,13+,16-,24+/m0/s1. The number of pyridine rings is 3. The molecule has 3 aliphatic heterocycles. The van der Waals surface area contributed by atoms with Gasteiger partial charge in [0.1, 0.15) is 23.4 Å². The molecule has 0 radical (unpaired) electrons. The highest BCUT2D eigenvalue weighted by atomic mass is 35.5. The molecule has 3 aliphatic rings. The number of alkyl halides is 3. The Morgan fingerprint density at radius 1 is 1.20 bits per heavy atom. The summed E-state index contributed by atoms with van der Waals surface area (Å²) in [5.74, 6) is -0.680. The van der Waals surface area contributed by atoms with E-state index in [4.69, 9.17) is 27.1 Å². The molecule has 8 nitrogen and oxygen atoms in total. The molecule has 214 valence electrons. The molecule has 0 unspecified atom stereocenters. The summed E-state index contributed by atoms with van der Waals surface area (Å²) in [6.07, 6.45) is -2.90. The van der Waals surface area contributed by atoms with Gasteiger partial charge in [0.25, 0.3) is 0 Å². The minimum Gasteiger partial charge on any atom is -0.472 e. The maximum absolute atomic E-state index is 16.7. The van der Waals surface area contributed by atoms with E-state index in [1.807, 2.05) is 25.9 Å². The molecule has 0 amide bonds. The van der Waals surface area contributed by atoms with Gasteiger partial charge < -0.3 is 25.6 Å². The summed E-state index contributed by atoms with van der Waals surface area (Å²) in [4.78, 5) is 17.2. The number of anilines is 2. The average molecular weight is 580 g/mol. The van der Waals surface area contributed by atoms with Crippen LogP contribution in [-0.4, -0.2) is 71.3 Å². The summed E-state index contributed by atoms with van der Waals surface area (Å²) < 4.78 is 65.8. The van der Waals surface area contributed by atoms with Gasteiger partial charge in [-0.2, -0.15) is 13.2 Å². The number of rotatable bonds is 4. The number of aromatic nitrogens is 3. The van der Waals surface area contributed by atoms with E-state index in [0.717, 1.165) is 18.9 Å². The fraction of sp³-hybridized carbons (Fsp3) is 0.519.